The highest BCUT2D eigenvalue weighted by atomic mass is 16.6. The predicted molar refractivity (Wildman–Crippen MR) is 100 cm³/mol. The smallest absolute Gasteiger partial charge is 0.410 e. The van der Waals surface area contributed by atoms with Gasteiger partial charge in [-0.15, -0.1) is 0 Å². The number of carbonyl (C=O) groups excluding carboxylic acids is 2. The number of hydrogen-bond acceptors (Lipinski definition) is 5. The average Bonchev–Trinajstić information content (AvgIpc) is 3.17. The SMILES string of the molecule is CC(=O)C1=NCC(N(C)[C@H]2CCCN(C(=O)OCc3ccccc3)C2)=C1. The first-order chi connectivity index (χ1) is 12.5. The largest absolute Gasteiger partial charge is 0.445 e. The van der Waals surface area contributed by atoms with Gasteiger partial charge in [0.25, 0.3) is 0 Å². The second kappa shape index (κ2) is 8.17. The van der Waals surface area contributed by atoms with Gasteiger partial charge in [-0.25, -0.2) is 4.79 Å². The number of nitrogens with zero attached hydrogens (tertiary/aromatic N) is 3. The number of ether oxygens (including phenoxy) is 1. The van der Waals surface area contributed by atoms with Crippen LogP contribution in [0.3, 0.4) is 0 Å². The van der Waals surface area contributed by atoms with E-state index in [1.807, 2.05) is 43.5 Å². The highest BCUT2D eigenvalue weighted by Crippen LogP contribution is 2.21. The van der Waals surface area contributed by atoms with Crippen molar-refractivity contribution < 1.29 is 14.3 Å². The van der Waals surface area contributed by atoms with E-state index in [1.54, 1.807) is 4.90 Å². The zero-order valence-electron chi connectivity index (χ0n) is 15.4. The van der Waals surface area contributed by atoms with E-state index in [1.165, 1.54) is 6.92 Å². The Morgan fingerprint density at radius 2 is 2.08 bits per heavy atom. The molecule has 0 spiro atoms. The molecule has 3 rings (SSSR count). The van der Waals surface area contributed by atoms with Crippen LogP contribution in [-0.4, -0.2) is 60.1 Å². The fourth-order valence-electron chi connectivity index (χ4n) is 3.32. The summed E-state index contributed by atoms with van der Waals surface area (Å²) in [5, 5.41) is 0. The molecular weight excluding hydrogens is 330 g/mol. The van der Waals surface area contributed by atoms with Crippen LogP contribution in [0.4, 0.5) is 4.79 Å². The summed E-state index contributed by atoms with van der Waals surface area (Å²) in [6.07, 6.45) is 3.53. The minimum Gasteiger partial charge on any atom is -0.445 e. The van der Waals surface area contributed by atoms with Gasteiger partial charge in [0.1, 0.15) is 12.3 Å². The molecule has 0 radical (unpaired) electrons. The van der Waals surface area contributed by atoms with E-state index in [0.29, 0.717) is 25.3 Å². The molecule has 1 aromatic carbocycles. The Bertz CT molecular complexity index is 727. The van der Waals surface area contributed by atoms with Crippen LogP contribution < -0.4 is 0 Å². The number of likely N-dealkylation sites (tertiary alicyclic amines) is 1. The number of hydrogen-bond donors (Lipinski definition) is 0. The van der Waals surface area contributed by atoms with E-state index >= 15 is 0 Å². The van der Waals surface area contributed by atoms with Crippen molar-refractivity contribution in [2.24, 2.45) is 4.99 Å². The fourth-order valence-corrected chi connectivity index (χ4v) is 3.32. The number of benzene rings is 1. The molecule has 6 heteroatoms. The lowest BCUT2D eigenvalue weighted by Crippen LogP contribution is -2.48. The third-order valence-electron chi connectivity index (χ3n) is 4.94. The van der Waals surface area contributed by atoms with E-state index < -0.39 is 0 Å². The molecule has 0 aliphatic carbocycles. The van der Waals surface area contributed by atoms with Gasteiger partial charge in [-0.3, -0.25) is 9.79 Å². The van der Waals surface area contributed by atoms with Crippen molar-refractivity contribution in [3.05, 3.63) is 47.7 Å². The molecule has 0 N–H and O–H groups in total. The lowest BCUT2D eigenvalue weighted by Gasteiger charge is -2.38. The predicted octanol–water partition coefficient (Wildman–Crippen LogP) is 2.65. The third kappa shape index (κ3) is 4.31. The number of ketones is 1. The molecule has 138 valence electrons. The summed E-state index contributed by atoms with van der Waals surface area (Å²) in [4.78, 5) is 32.1. The van der Waals surface area contributed by atoms with Gasteiger partial charge in [-0.2, -0.15) is 0 Å². The van der Waals surface area contributed by atoms with Crippen LogP contribution in [0.25, 0.3) is 0 Å². The Morgan fingerprint density at radius 3 is 2.77 bits per heavy atom. The Balaban J connectivity index is 1.54. The lowest BCUT2D eigenvalue weighted by atomic mass is 10.0. The minimum absolute atomic E-state index is 0.0110. The van der Waals surface area contributed by atoms with Crippen LogP contribution in [0.15, 0.2) is 47.1 Å². The normalized spacial score (nSPS) is 19.6. The maximum absolute atomic E-state index is 12.4. The Morgan fingerprint density at radius 1 is 1.31 bits per heavy atom. The van der Waals surface area contributed by atoms with E-state index in [4.69, 9.17) is 4.74 Å². The monoisotopic (exact) mass is 355 g/mol. The maximum Gasteiger partial charge on any atom is 0.410 e. The minimum atomic E-state index is -0.270. The number of piperidine rings is 1. The summed E-state index contributed by atoms with van der Waals surface area (Å²) in [5.41, 5.74) is 2.54. The molecule has 0 bridgehead atoms. The average molecular weight is 355 g/mol. The van der Waals surface area contributed by atoms with Gasteiger partial charge in [0.05, 0.1) is 6.54 Å². The number of Topliss-reactive ketones (excluding diaryl/α,β-unsaturated/α-hetero) is 1. The van der Waals surface area contributed by atoms with Gasteiger partial charge in [0, 0.05) is 38.8 Å². The fraction of sp³-hybridized carbons (Fsp3) is 0.450. The second-order valence-corrected chi connectivity index (χ2v) is 6.79. The van der Waals surface area contributed by atoms with Crippen LogP contribution in [0.2, 0.25) is 0 Å². The molecule has 2 aliphatic rings. The Hall–Kier alpha value is -2.63. The van der Waals surface area contributed by atoms with Crippen molar-refractivity contribution >= 4 is 17.6 Å². The van der Waals surface area contributed by atoms with Crippen LogP contribution >= 0.6 is 0 Å². The van der Waals surface area contributed by atoms with Crippen molar-refractivity contribution in [1.82, 2.24) is 9.80 Å². The van der Waals surface area contributed by atoms with Gasteiger partial charge < -0.3 is 14.5 Å². The first-order valence-electron chi connectivity index (χ1n) is 8.99. The molecule has 0 saturated carbocycles. The van der Waals surface area contributed by atoms with Gasteiger partial charge in [-0.1, -0.05) is 30.3 Å². The molecule has 6 nitrogen and oxygen atoms in total. The summed E-state index contributed by atoms with van der Waals surface area (Å²) in [6, 6.07) is 9.90. The maximum atomic E-state index is 12.4. The molecule has 0 unspecified atom stereocenters. The van der Waals surface area contributed by atoms with Gasteiger partial charge in [0.2, 0.25) is 0 Å². The topological polar surface area (TPSA) is 62.2 Å². The van der Waals surface area contributed by atoms with Gasteiger partial charge in [0.15, 0.2) is 5.78 Å². The van der Waals surface area contributed by atoms with Gasteiger partial charge >= 0.3 is 6.09 Å². The number of allylic oxidation sites excluding steroid dienone is 1. The highest BCUT2D eigenvalue weighted by Gasteiger charge is 2.29. The standard InChI is InChI=1S/C20H25N3O3/c1-15(24)19-11-18(12-21-19)22(2)17-9-6-10-23(13-17)20(25)26-14-16-7-4-3-5-8-16/h3-5,7-8,11,17H,6,9-10,12-14H2,1-2H3/t17-/m0/s1. The summed E-state index contributed by atoms with van der Waals surface area (Å²) >= 11 is 0. The second-order valence-electron chi connectivity index (χ2n) is 6.79. The van der Waals surface area contributed by atoms with E-state index in [-0.39, 0.29) is 24.5 Å². The zero-order valence-corrected chi connectivity index (χ0v) is 15.4. The molecule has 26 heavy (non-hydrogen) atoms. The summed E-state index contributed by atoms with van der Waals surface area (Å²) in [6.45, 7) is 3.68. The third-order valence-corrected chi connectivity index (χ3v) is 4.94. The molecule has 1 amide bonds. The van der Waals surface area contributed by atoms with Crippen molar-refractivity contribution in [2.75, 3.05) is 26.7 Å². The lowest BCUT2D eigenvalue weighted by molar-refractivity contribution is -0.111. The Kier molecular flexibility index (Phi) is 5.71. The molecule has 1 atom stereocenters. The van der Waals surface area contributed by atoms with Crippen molar-refractivity contribution in [1.29, 1.82) is 0 Å². The summed E-state index contributed by atoms with van der Waals surface area (Å²) < 4.78 is 5.46. The van der Waals surface area contributed by atoms with Crippen molar-refractivity contribution in [3.8, 4) is 0 Å². The first kappa shape index (κ1) is 18.2. The highest BCUT2D eigenvalue weighted by molar-refractivity contribution is 6.44. The van der Waals surface area contributed by atoms with E-state index in [9.17, 15) is 9.59 Å². The van der Waals surface area contributed by atoms with Crippen LogP contribution in [0.1, 0.15) is 25.3 Å². The van der Waals surface area contributed by atoms with Crippen molar-refractivity contribution in [3.63, 3.8) is 0 Å². The van der Waals surface area contributed by atoms with Gasteiger partial charge in [-0.05, 0) is 24.5 Å². The first-order valence-corrected chi connectivity index (χ1v) is 8.99. The molecule has 1 aromatic rings. The molecule has 2 heterocycles. The molecule has 0 aromatic heterocycles. The van der Waals surface area contributed by atoms with Crippen LogP contribution in [0.5, 0.6) is 0 Å². The molecule has 1 saturated heterocycles. The van der Waals surface area contributed by atoms with Crippen LogP contribution in [-0.2, 0) is 16.1 Å². The van der Waals surface area contributed by atoms with E-state index in [0.717, 1.165) is 24.1 Å². The molecular formula is C20H25N3O3. The number of likely N-dealkylation sites (N-methyl/N-ethyl adjacent to an activating group) is 1. The summed E-state index contributed by atoms with van der Waals surface area (Å²) in [7, 11) is 2.01. The van der Waals surface area contributed by atoms with E-state index in [2.05, 4.69) is 9.89 Å². The number of rotatable bonds is 5. The zero-order chi connectivity index (χ0) is 18.5. The quantitative estimate of drug-likeness (QED) is 0.815. The number of amides is 1. The molecule has 2 aliphatic heterocycles. The van der Waals surface area contributed by atoms with Crippen molar-refractivity contribution in [2.45, 2.75) is 32.4 Å². The summed E-state index contributed by atoms with van der Waals surface area (Å²) in [5.74, 6) is -0.0110. The number of carbonyl (C=O) groups is 2. The Labute approximate surface area is 154 Å². The van der Waals surface area contributed by atoms with Crippen LogP contribution in [0, 0.1) is 0 Å². The molecule has 1 fully saturated rings. The number of aliphatic imine (C=N–C) groups is 1.